The molecule has 0 atom stereocenters. The highest BCUT2D eigenvalue weighted by atomic mass is 35.5. The molecule has 0 aromatic carbocycles. The SMILES string of the molecule is Clc1ccc(-c2nsnc2Cl)cn1. The molecule has 2 aromatic heterocycles. The van der Waals surface area contributed by atoms with Crippen molar-refractivity contribution in [1.82, 2.24) is 13.7 Å². The third-order valence-corrected chi connectivity index (χ3v) is 2.57. The minimum atomic E-state index is 0.397. The molecule has 0 fully saturated rings. The molecule has 0 saturated carbocycles. The van der Waals surface area contributed by atoms with Gasteiger partial charge < -0.3 is 0 Å². The molecule has 0 aliphatic carbocycles. The first-order valence-electron chi connectivity index (χ1n) is 3.37. The van der Waals surface area contributed by atoms with Crippen molar-refractivity contribution in [3.63, 3.8) is 0 Å². The summed E-state index contributed by atoms with van der Waals surface area (Å²) in [5, 5.41) is 0.845. The highest BCUT2D eigenvalue weighted by Gasteiger charge is 2.07. The van der Waals surface area contributed by atoms with Crippen LogP contribution in [-0.4, -0.2) is 13.7 Å². The third-order valence-electron chi connectivity index (χ3n) is 1.45. The van der Waals surface area contributed by atoms with E-state index in [2.05, 4.69) is 13.7 Å². The molecule has 2 aromatic rings. The van der Waals surface area contributed by atoms with Crippen LogP contribution in [0.15, 0.2) is 18.3 Å². The topological polar surface area (TPSA) is 38.7 Å². The monoisotopic (exact) mass is 231 g/mol. The Morgan fingerprint density at radius 1 is 1.15 bits per heavy atom. The Labute approximate surface area is 88.7 Å². The zero-order valence-electron chi connectivity index (χ0n) is 6.24. The van der Waals surface area contributed by atoms with Crippen molar-refractivity contribution in [2.24, 2.45) is 0 Å². The minimum absolute atomic E-state index is 0.397. The summed E-state index contributed by atoms with van der Waals surface area (Å²) >= 11 is 12.5. The van der Waals surface area contributed by atoms with Crippen LogP contribution in [0.25, 0.3) is 11.3 Å². The van der Waals surface area contributed by atoms with Crippen LogP contribution in [0.1, 0.15) is 0 Å². The van der Waals surface area contributed by atoms with Crippen molar-refractivity contribution >= 4 is 34.9 Å². The zero-order valence-corrected chi connectivity index (χ0v) is 8.57. The second kappa shape index (κ2) is 3.57. The van der Waals surface area contributed by atoms with Crippen molar-refractivity contribution in [3.8, 4) is 11.3 Å². The van der Waals surface area contributed by atoms with Crippen molar-refractivity contribution in [1.29, 1.82) is 0 Å². The van der Waals surface area contributed by atoms with Gasteiger partial charge in [0.2, 0.25) is 0 Å². The average Bonchev–Trinajstić information content (AvgIpc) is 2.53. The number of halogens is 2. The first-order chi connectivity index (χ1) is 6.27. The molecule has 0 N–H and O–H groups in total. The number of hydrogen-bond donors (Lipinski definition) is 0. The molecule has 13 heavy (non-hydrogen) atoms. The molecule has 0 bridgehead atoms. The van der Waals surface area contributed by atoms with Crippen molar-refractivity contribution in [2.75, 3.05) is 0 Å². The van der Waals surface area contributed by atoms with E-state index in [-0.39, 0.29) is 0 Å². The average molecular weight is 232 g/mol. The molecule has 0 saturated heterocycles. The van der Waals surface area contributed by atoms with E-state index >= 15 is 0 Å². The molecule has 0 aliphatic heterocycles. The van der Waals surface area contributed by atoms with Gasteiger partial charge in [0, 0.05) is 11.8 Å². The van der Waals surface area contributed by atoms with Gasteiger partial charge in [-0.2, -0.15) is 8.75 Å². The molecule has 0 radical (unpaired) electrons. The van der Waals surface area contributed by atoms with Crippen LogP contribution < -0.4 is 0 Å². The Morgan fingerprint density at radius 3 is 2.54 bits per heavy atom. The Hall–Kier alpha value is -0.710. The van der Waals surface area contributed by atoms with E-state index in [1.165, 1.54) is 0 Å². The van der Waals surface area contributed by atoms with Crippen LogP contribution in [0.4, 0.5) is 0 Å². The van der Waals surface area contributed by atoms with Gasteiger partial charge in [0.1, 0.15) is 10.8 Å². The van der Waals surface area contributed by atoms with Gasteiger partial charge in [0.25, 0.3) is 0 Å². The summed E-state index contributed by atoms with van der Waals surface area (Å²) in [5.41, 5.74) is 1.47. The second-order valence-electron chi connectivity index (χ2n) is 2.27. The summed E-state index contributed by atoms with van der Waals surface area (Å²) in [7, 11) is 0. The number of aromatic nitrogens is 3. The first-order valence-corrected chi connectivity index (χ1v) is 4.86. The molecular formula is C7H3Cl2N3S. The summed E-state index contributed by atoms with van der Waals surface area (Å²) < 4.78 is 7.88. The first kappa shape index (κ1) is 8.87. The van der Waals surface area contributed by atoms with Crippen LogP contribution in [0.5, 0.6) is 0 Å². The van der Waals surface area contributed by atoms with Crippen LogP contribution in [0.2, 0.25) is 10.3 Å². The van der Waals surface area contributed by atoms with E-state index in [1.807, 2.05) is 0 Å². The Morgan fingerprint density at radius 2 is 2.00 bits per heavy atom. The predicted octanol–water partition coefficient (Wildman–Crippen LogP) is 2.91. The Kier molecular flexibility index (Phi) is 2.44. The quantitative estimate of drug-likeness (QED) is 0.709. The number of pyridine rings is 1. The van der Waals surface area contributed by atoms with Gasteiger partial charge in [0.05, 0.1) is 11.7 Å². The Bertz CT molecular complexity index is 412. The van der Waals surface area contributed by atoms with Gasteiger partial charge in [-0.3, -0.25) is 0 Å². The van der Waals surface area contributed by atoms with Crippen molar-refractivity contribution in [2.45, 2.75) is 0 Å². The van der Waals surface area contributed by atoms with E-state index < -0.39 is 0 Å². The molecule has 2 rings (SSSR count). The fourth-order valence-corrected chi connectivity index (χ4v) is 1.74. The number of hydrogen-bond acceptors (Lipinski definition) is 4. The van der Waals surface area contributed by atoms with E-state index in [4.69, 9.17) is 23.2 Å². The lowest BCUT2D eigenvalue weighted by atomic mass is 10.2. The summed E-state index contributed by atoms with van der Waals surface area (Å²) in [6.07, 6.45) is 1.62. The van der Waals surface area contributed by atoms with Gasteiger partial charge in [-0.25, -0.2) is 4.98 Å². The number of nitrogens with zero attached hydrogens (tertiary/aromatic N) is 3. The lowest BCUT2D eigenvalue weighted by Crippen LogP contribution is -1.80. The molecule has 0 spiro atoms. The molecule has 6 heteroatoms. The summed E-state index contributed by atoms with van der Waals surface area (Å²) in [6.45, 7) is 0. The second-order valence-corrected chi connectivity index (χ2v) is 3.55. The molecule has 0 amide bonds. The van der Waals surface area contributed by atoms with Gasteiger partial charge in [-0.05, 0) is 12.1 Å². The van der Waals surface area contributed by atoms with Crippen LogP contribution >= 0.6 is 34.9 Å². The minimum Gasteiger partial charge on any atom is -0.244 e. The maximum absolute atomic E-state index is 5.79. The van der Waals surface area contributed by atoms with Gasteiger partial charge in [-0.15, -0.1) is 0 Å². The largest absolute Gasteiger partial charge is 0.244 e. The maximum atomic E-state index is 5.79. The lowest BCUT2D eigenvalue weighted by Gasteiger charge is -1.94. The summed E-state index contributed by atoms with van der Waals surface area (Å²) in [6, 6.07) is 3.49. The molecular weight excluding hydrogens is 229 g/mol. The van der Waals surface area contributed by atoms with Crippen molar-refractivity contribution in [3.05, 3.63) is 28.6 Å². The molecule has 0 unspecified atom stereocenters. The van der Waals surface area contributed by atoms with Crippen LogP contribution in [0, 0.1) is 0 Å². The van der Waals surface area contributed by atoms with E-state index in [9.17, 15) is 0 Å². The highest BCUT2D eigenvalue weighted by Crippen LogP contribution is 2.25. The lowest BCUT2D eigenvalue weighted by molar-refractivity contribution is 1.32. The Balaban J connectivity index is 2.47. The smallest absolute Gasteiger partial charge is 0.170 e. The molecule has 0 aliphatic rings. The maximum Gasteiger partial charge on any atom is 0.170 e. The molecule has 3 nitrogen and oxygen atoms in total. The standard InChI is InChI=1S/C7H3Cl2N3S/c8-5-2-1-4(3-10-5)6-7(9)12-13-11-6/h1-3H. The van der Waals surface area contributed by atoms with Crippen molar-refractivity contribution < 1.29 is 0 Å². The van der Waals surface area contributed by atoms with Crippen LogP contribution in [0.3, 0.4) is 0 Å². The predicted molar refractivity (Wildman–Crippen MR) is 53.2 cm³/mol. The summed E-state index contributed by atoms with van der Waals surface area (Å²) in [5.74, 6) is 0. The van der Waals surface area contributed by atoms with Crippen LogP contribution in [-0.2, 0) is 0 Å². The van der Waals surface area contributed by atoms with Gasteiger partial charge in [0.15, 0.2) is 5.15 Å². The zero-order chi connectivity index (χ0) is 9.26. The normalized spacial score (nSPS) is 10.3. The molecule has 2 heterocycles. The fraction of sp³-hybridized carbons (Fsp3) is 0. The highest BCUT2D eigenvalue weighted by molar-refractivity contribution is 6.99. The third kappa shape index (κ3) is 1.80. The van der Waals surface area contributed by atoms with E-state index in [0.717, 1.165) is 17.3 Å². The van der Waals surface area contributed by atoms with Gasteiger partial charge >= 0.3 is 0 Å². The van der Waals surface area contributed by atoms with E-state index in [0.29, 0.717) is 16.0 Å². The summed E-state index contributed by atoms with van der Waals surface area (Å²) in [4.78, 5) is 3.92. The molecule has 66 valence electrons. The van der Waals surface area contributed by atoms with Gasteiger partial charge in [-0.1, -0.05) is 23.2 Å². The van der Waals surface area contributed by atoms with E-state index in [1.54, 1.807) is 18.3 Å². The number of rotatable bonds is 1. The fourth-order valence-electron chi connectivity index (χ4n) is 0.866.